The molecule has 0 aliphatic carbocycles. The van der Waals surface area contributed by atoms with Crippen molar-refractivity contribution in [1.82, 2.24) is 4.31 Å². The number of anilines is 1. The molecule has 2 aromatic carbocycles. The number of carbonyl (C=O) groups is 1. The van der Waals surface area contributed by atoms with E-state index in [9.17, 15) is 17.6 Å². The lowest BCUT2D eigenvalue weighted by atomic mass is 10.2. The Hall–Kier alpha value is -2.20. The smallest absolute Gasteiger partial charge is 0.259 e. The van der Waals surface area contributed by atoms with Crippen molar-refractivity contribution < 1.29 is 27.1 Å². The first kappa shape index (κ1) is 20.5. The largest absolute Gasteiger partial charge is 0.496 e. The molecule has 7 nitrogen and oxygen atoms in total. The Balaban J connectivity index is 1.92. The molecule has 0 spiro atoms. The van der Waals surface area contributed by atoms with Gasteiger partial charge in [-0.1, -0.05) is 11.6 Å². The molecule has 150 valence electrons. The number of nitrogens with zero attached hydrogens (tertiary/aromatic N) is 1. The zero-order chi connectivity index (χ0) is 20.3. The monoisotopic (exact) mass is 428 g/mol. The molecule has 1 aliphatic rings. The van der Waals surface area contributed by atoms with Crippen LogP contribution in [0.25, 0.3) is 0 Å². The van der Waals surface area contributed by atoms with Gasteiger partial charge in [-0.15, -0.1) is 0 Å². The van der Waals surface area contributed by atoms with Crippen LogP contribution >= 0.6 is 11.6 Å². The van der Waals surface area contributed by atoms with E-state index in [0.717, 1.165) is 6.07 Å². The minimum absolute atomic E-state index is 0.0253. The normalized spacial score (nSPS) is 15.2. The highest BCUT2D eigenvalue weighted by Gasteiger charge is 2.28. The molecule has 1 saturated heterocycles. The van der Waals surface area contributed by atoms with Crippen molar-refractivity contribution in [3.63, 3.8) is 0 Å². The highest BCUT2D eigenvalue weighted by Crippen LogP contribution is 2.27. The Morgan fingerprint density at radius 2 is 1.93 bits per heavy atom. The molecule has 0 atom stereocenters. The molecular weight excluding hydrogens is 411 g/mol. The molecule has 1 amide bonds. The van der Waals surface area contributed by atoms with Crippen molar-refractivity contribution in [2.24, 2.45) is 0 Å². The Bertz CT molecular complexity index is 993. The van der Waals surface area contributed by atoms with Gasteiger partial charge < -0.3 is 14.8 Å². The lowest BCUT2D eigenvalue weighted by Gasteiger charge is -2.26. The molecule has 3 rings (SSSR count). The summed E-state index contributed by atoms with van der Waals surface area (Å²) >= 11 is 5.73. The van der Waals surface area contributed by atoms with E-state index in [2.05, 4.69) is 5.32 Å². The number of rotatable bonds is 5. The number of halogens is 2. The van der Waals surface area contributed by atoms with Gasteiger partial charge in [0.05, 0.1) is 35.8 Å². The highest BCUT2D eigenvalue weighted by molar-refractivity contribution is 7.89. The van der Waals surface area contributed by atoms with E-state index < -0.39 is 21.7 Å². The first-order valence-electron chi connectivity index (χ1n) is 8.35. The number of methoxy groups -OCH3 is 1. The second-order valence-electron chi connectivity index (χ2n) is 5.96. The van der Waals surface area contributed by atoms with E-state index in [4.69, 9.17) is 21.1 Å². The molecule has 0 saturated carbocycles. The number of hydrogen-bond donors (Lipinski definition) is 1. The molecule has 1 fully saturated rings. The molecule has 28 heavy (non-hydrogen) atoms. The van der Waals surface area contributed by atoms with Crippen LogP contribution in [-0.2, 0) is 14.8 Å². The number of nitrogens with one attached hydrogen (secondary N) is 1. The van der Waals surface area contributed by atoms with Gasteiger partial charge in [-0.25, -0.2) is 12.8 Å². The van der Waals surface area contributed by atoms with Crippen LogP contribution in [0, 0.1) is 5.82 Å². The minimum atomic E-state index is -3.78. The highest BCUT2D eigenvalue weighted by atomic mass is 35.5. The average molecular weight is 429 g/mol. The first-order valence-corrected chi connectivity index (χ1v) is 10.2. The van der Waals surface area contributed by atoms with Gasteiger partial charge in [0.1, 0.15) is 11.6 Å². The summed E-state index contributed by atoms with van der Waals surface area (Å²) in [5.41, 5.74) is 0.289. The Labute approximate surface area is 167 Å². The number of ether oxygens (including phenoxy) is 2. The molecule has 1 N–H and O–H groups in total. The second-order valence-corrected chi connectivity index (χ2v) is 8.31. The van der Waals surface area contributed by atoms with Gasteiger partial charge in [-0.2, -0.15) is 4.31 Å². The maximum Gasteiger partial charge on any atom is 0.259 e. The Morgan fingerprint density at radius 3 is 2.57 bits per heavy atom. The predicted molar refractivity (Wildman–Crippen MR) is 102 cm³/mol. The summed E-state index contributed by atoms with van der Waals surface area (Å²) < 4.78 is 50.7. The summed E-state index contributed by atoms with van der Waals surface area (Å²) in [5.74, 6) is -1.03. The first-order chi connectivity index (χ1) is 13.3. The predicted octanol–water partition coefficient (Wildman–Crippen LogP) is 2.76. The molecule has 0 radical (unpaired) electrons. The van der Waals surface area contributed by atoms with Crippen LogP contribution in [0.4, 0.5) is 10.1 Å². The molecule has 0 unspecified atom stereocenters. The van der Waals surface area contributed by atoms with E-state index >= 15 is 0 Å². The number of morpholine rings is 1. The lowest BCUT2D eigenvalue weighted by Crippen LogP contribution is -2.40. The third kappa shape index (κ3) is 4.27. The third-order valence-corrected chi connectivity index (χ3v) is 6.39. The topological polar surface area (TPSA) is 84.9 Å². The Morgan fingerprint density at radius 1 is 1.21 bits per heavy atom. The number of hydrogen-bond acceptors (Lipinski definition) is 5. The average Bonchev–Trinajstić information content (AvgIpc) is 2.70. The SMILES string of the molecule is COc1ccc(S(=O)(=O)N2CCOCC2)cc1C(=O)Nc1ccc(F)c(Cl)c1. The molecule has 10 heteroatoms. The van der Waals surface area contributed by atoms with Crippen LogP contribution in [-0.4, -0.2) is 52.0 Å². The van der Waals surface area contributed by atoms with E-state index in [1.807, 2.05) is 0 Å². The fourth-order valence-electron chi connectivity index (χ4n) is 2.73. The fourth-order valence-corrected chi connectivity index (χ4v) is 4.35. The molecule has 0 aromatic heterocycles. The van der Waals surface area contributed by atoms with Gasteiger partial charge in [0.25, 0.3) is 5.91 Å². The molecular formula is C18H18ClFN2O5S. The quantitative estimate of drug-likeness (QED) is 0.791. The number of sulfonamides is 1. The van der Waals surface area contributed by atoms with Crippen LogP contribution < -0.4 is 10.1 Å². The maximum absolute atomic E-state index is 13.3. The van der Waals surface area contributed by atoms with Crippen molar-refractivity contribution in [1.29, 1.82) is 0 Å². The van der Waals surface area contributed by atoms with Crippen LogP contribution in [0.5, 0.6) is 5.75 Å². The van der Waals surface area contributed by atoms with Crippen molar-refractivity contribution in [2.75, 3.05) is 38.7 Å². The van der Waals surface area contributed by atoms with E-state index in [1.54, 1.807) is 0 Å². The summed E-state index contributed by atoms with van der Waals surface area (Å²) in [7, 11) is -2.41. The summed E-state index contributed by atoms with van der Waals surface area (Å²) in [6.45, 7) is 1.11. The third-order valence-electron chi connectivity index (χ3n) is 4.20. The van der Waals surface area contributed by atoms with Gasteiger partial charge in [0, 0.05) is 18.8 Å². The molecule has 2 aromatic rings. The van der Waals surface area contributed by atoms with Crippen LogP contribution in [0.3, 0.4) is 0 Å². The lowest BCUT2D eigenvalue weighted by molar-refractivity contribution is 0.0730. The molecule has 1 aliphatic heterocycles. The summed E-state index contributed by atoms with van der Waals surface area (Å²) in [4.78, 5) is 12.7. The van der Waals surface area contributed by atoms with Gasteiger partial charge >= 0.3 is 0 Å². The fraction of sp³-hybridized carbons (Fsp3) is 0.278. The van der Waals surface area contributed by atoms with Crippen molar-refractivity contribution in [3.05, 3.63) is 52.8 Å². The van der Waals surface area contributed by atoms with Crippen LogP contribution in [0.1, 0.15) is 10.4 Å². The van der Waals surface area contributed by atoms with Crippen LogP contribution in [0.15, 0.2) is 41.3 Å². The van der Waals surface area contributed by atoms with Crippen molar-refractivity contribution >= 4 is 33.2 Å². The second kappa shape index (κ2) is 8.44. The summed E-state index contributed by atoms with van der Waals surface area (Å²) in [5, 5.41) is 2.42. The van der Waals surface area contributed by atoms with E-state index in [1.165, 1.54) is 41.7 Å². The van der Waals surface area contributed by atoms with Gasteiger partial charge in [0.15, 0.2) is 0 Å². The van der Waals surface area contributed by atoms with Gasteiger partial charge in [-0.3, -0.25) is 4.79 Å². The summed E-state index contributed by atoms with van der Waals surface area (Å²) in [6.07, 6.45) is 0. The van der Waals surface area contributed by atoms with E-state index in [-0.39, 0.29) is 40.0 Å². The maximum atomic E-state index is 13.3. The van der Waals surface area contributed by atoms with Crippen molar-refractivity contribution in [3.8, 4) is 5.75 Å². The number of carbonyl (C=O) groups excluding carboxylic acids is 1. The molecule has 0 bridgehead atoms. The van der Waals surface area contributed by atoms with Crippen LogP contribution in [0.2, 0.25) is 5.02 Å². The number of amides is 1. The number of benzene rings is 2. The van der Waals surface area contributed by atoms with Crippen molar-refractivity contribution in [2.45, 2.75) is 4.90 Å². The standard InChI is InChI=1S/C18H18ClFN2O5S/c1-26-17-5-3-13(28(24,25)22-6-8-27-9-7-22)11-14(17)18(23)21-12-2-4-16(20)15(19)10-12/h2-5,10-11H,6-9H2,1H3,(H,21,23). The zero-order valence-corrected chi connectivity index (χ0v) is 16.5. The van der Waals surface area contributed by atoms with E-state index in [0.29, 0.717) is 13.2 Å². The molecule has 1 heterocycles. The zero-order valence-electron chi connectivity index (χ0n) is 14.9. The van der Waals surface area contributed by atoms with Gasteiger partial charge in [-0.05, 0) is 36.4 Å². The summed E-state index contributed by atoms with van der Waals surface area (Å²) in [6, 6.07) is 7.78. The minimum Gasteiger partial charge on any atom is -0.496 e. The Kier molecular flexibility index (Phi) is 6.19. The van der Waals surface area contributed by atoms with Gasteiger partial charge in [0.2, 0.25) is 10.0 Å².